The molecule has 0 aliphatic carbocycles. The molecule has 2 aromatic carbocycles. The fourth-order valence-corrected chi connectivity index (χ4v) is 4.15. The van der Waals surface area contributed by atoms with E-state index in [4.69, 9.17) is 9.47 Å². The Balaban J connectivity index is 1.50. The molecule has 0 spiro atoms. The van der Waals surface area contributed by atoms with Gasteiger partial charge in [-0.3, -0.25) is 24.5 Å². The summed E-state index contributed by atoms with van der Waals surface area (Å²) in [5, 5.41) is 10.8. The highest BCUT2D eigenvalue weighted by atomic mass is 127. The lowest BCUT2D eigenvalue weighted by Gasteiger charge is -2.22. The number of alkyl halides is 1. The van der Waals surface area contributed by atoms with E-state index in [0.29, 0.717) is 46.2 Å². The molecule has 1 fully saturated rings. The molecular formula is C28H33IN4O7. The molecule has 1 aliphatic rings. The average molecular weight is 664 g/mol. The summed E-state index contributed by atoms with van der Waals surface area (Å²) < 4.78 is 11.5. The Hall–Kier alpha value is -3.36. The molecular weight excluding hydrogens is 631 g/mol. The number of ether oxygens (including phenoxy) is 2. The van der Waals surface area contributed by atoms with Crippen molar-refractivity contribution < 1.29 is 33.4 Å². The van der Waals surface area contributed by atoms with Crippen molar-refractivity contribution >= 4 is 58.2 Å². The number of anilines is 1. The molecule has 0 saturated carbocycles. The topological polar surface area (TPSA) is 152 Å². The van der Waals surface area contributed by atoms with Gasteiger partial charge in [0.05, 0.1) is 6.61 Å². The van der Waals surface area contributed by atoms with Gasteiger partial charge in [0.25, 0.3) is 11.8 Å². The highest BCUT2D eigenvalue weighted by Gasteiger charge is 2.28. The van der Waals surface area contributed by atoms with Crippen molar-refractivity contribution in [3.8, 4) is 5.75 Å². The highest BCUT2D eigenvalue weighted by molar-refractivity contribution is 14.1. The van der Waals surface area contributed by atoms with Gasteiger partial charge < -0.3 is 30.2 Å². The quantitative estimate of drug-likeness (QED) is 0.104. The zero-order valence-corrected chi connectivity index (χ0v) is 24.5. The molecule has 3 atom stereocenters. The second-order valence-electron chi connectivity index (χ2n) is 9.36. The summed E-state index contributed by atoms with van der Waals surface area (Å²) >= 11 is 2.24. The van der Waals surface area contributed by atoms with Crippen molar-refractivity contribution in [1.82, 2.24) is 16.0 Å². The van der Waals surface area contributed by atoms with Gasteiger partial charge in [-0.1, -0.05) is 47.7 Å². The van der Waals surface area contributed by atoms with E-state index in [0.717, 1.165) is 11.8 Å². The number of carbonyl (C=O) groups excluding carboxylic acids is 5. The minimum absolute atomic E-state index is 0.154. The molecule has 11 nitrogen and oxygen atoms in total. The van der Waals surface area contributed by atoms with E-state index in [2.05, 4.69) is 43.9 Å². The average Bonchev–Trinajstić information content (AvgIpc) is 2.91. The Bertz CT molecular complexity index is 1240. The number of nitrogens with one attached hydrogen (secondary N) is 4. The van der Waals surface area contributed by atoms with Crippen molar-refractivity contribution in [2.24, 2.45) is 0 Å². The predicted octanol–water partition coefficient (Wildman–Crippen LogP) is 2.04. The van der Waals surface area contributed by atoms with Crippen LogP contribution in [0, 0.1) is 6.92 Å². The fourth-order valence-electron chi connectivity index (χ4n) is 3.94. The number of aldehydes is 1. The van der Waals surface area contributed by atoms with Gasteiger partial charge in [-0.2, -0.15) is 0 Å². The smallest absolute Gasteiger partial charge is 0.262 e. The number of carbonyl (C=O) groups is 5. The number of rotatable bonds is 14. The lowest BCUT2D eigenvalue weighted by atomic mass is 10.0. The predicted molar refractivity (Wildman–Crippen MR) is 156 cm³/mol. The molecule has 4 amide bonds. The molecule has 12 heteroatoms. The van der Waals surface area contributed by atoms with Crippen molar-refractivity contribution in [3.63, 3.8) is 0 Å². The van der Waals surface area contributed by atoms with Crippen molar-refractivity contribution in [2.75, 3.05) is 25.1 Å². The Labute approximate surface area is 246 Å². The Kier molecular flexibility index (Phi) is 12.0. The molecule has 0 bridgehead atoms. The third-order valence-electron chi connectivity index (χ3n) is 6.01. The minimum Gasteiger partial charge on any atom is -0.483 e. The maximum atomic E-state index is 12.8. The van der Waals surface area contributed by atoms with Crippen molar-refractivity contribution in [1.29, 1.82) is 0 Å². The van der Waals surface area contributed by atoms with Gasteiger partial charge in [0.1, 0.15) is 24.2 Å². The maximum absolute atomic E-state index is 12.8. The van der Waals surface area contributed by atoms with E-state index in [1.165, 1.54) is 0 Å². The summed E-state index contributed by atoms with van der Waals surface area (Å²) in [6, 6.07) is 11.4. The van der Waals surface area contributed by atoms with Gasteiger partial charge >= 0.3 is 0 Å². The molecule has 3 rings (SSSR count). The van der Waals surface area contributed by atoms with Crippen molar-refractivity contribution in [2.45, 2.75) is 49.3 Å². The molecule has 40 heavy (non-hydrogen) atoms. The largest absolute Gasteiger partial charge is 0.483 e. The number of piperidine rings is 1. The number of imide groups is 1. The summed E-state index contributed by atoms with van der Waals surface area (Å²) in [4.78, 5) is 59.8. The Morgan fingerprint density at radius 2 is 1.98 bits per heavy atom. The first kappa shape index (κ1) is 31.2. The van der Waals surface area contributed by atoms with Crippen LogP contribution in [0.2, 0.25) is 0 Å². The Morgan fingerprint density at radius 3 is 2.70 bits per heavy atom. The van der Waals surface area contributed by atoms with Gasteiger partial charge in [-0.15, -0.1) is 0 Å². The van der Waals surface area contributed by atoms with E-state index < -0.39 is 24.0 Å². The summed E-state index contributed by atoms with van der Waals surface area (Å²) in [7, 11) is 0. The lowest BCUT2D eigenvalue weighted by molar-refractivity contribution is -0.134. The van der Waals surface area contributed by atoms with Crippen LogP contribution < -0.4 is 26.0 Å². The van der Waals surface area contributed by atoms with Crippen LogP contribution in [0.3, 0.4) is 0 Å². The number of hydrogen-bond donors (Lipinski definition) is 4. The lowest BCUT2D eigenvalue weighted by Crippen LogP contribution is -2.52. The second-order valence-corrected chi connectivity index (χ2v) is 11.5. The van der Waals surface area contributed by atoms with Crippen LogP contribution in [0.4, 0.5) is 5.69 Å². The first-order valence-electron chi connectivity index (χ1n) is 12.8. The van der Waals surface area contributed by atoms with E-state index >= 15 is 0 Å². The van der Waals surface area contributed by atoms with Crippen LogP contribution in [0.5, 0.6) is 5.75 Å². The molecule has 2 aromatic rings. The molecule has 1 aliphatic heterocycles. The second kappa shape index (κ2) is 15.4. The molecule has 3 unspecified atom stereocenters. The number of benzene rings is 2. The summed E-state index contributed by atoms with van der Waals surface area (Å²) in [6.07, 6.45) is 0.642. The molecule has 1 heterocycles. The third-order valence-corrected chi connectivity index (χ3v) is 6.37. The third kappa shape index (κ3) is 9.68. The maximum Gasteiger partial charge on any atom is 0.262 e. The standard InChI is InChI=1S/C28H33IN4O7/c1-17(29)15-39-21(14-34)13-30-12-19-5-3-6-20(11-19)31-26(36)16-40-24-8-4-7-22(18(24)2)27(37)32-23-9-10-25(35)33-28(23)38/h3-8,11,14,17,21,23,30H,9-10,12-13,15-16H2,1-2H3,(H,31,36)(H,32,37)(H,33,35,38). The molecule has 214 valence electrons. The van der Waals surface area contributed by atoms with Crippen LogP contribution in [0.25, 0.3) is 0 Å². The summed E-state index contributed by atoms with van der Waals surface area (Å²) in [6.45, 7) is 4.77. The van der Waals surface area contributed by atoms with Crippen LogP contribution in [0.1, 0.15) is 41.3 Å². The molecule has 4 N–H and O–H groups in total. The van der Waals surface area contributed by atoms with Crippen LogP contribution in [0.15, 0.2) is 42.5 Å². The first-order valence-corrected chi connectivity index (χ1v) is 14.1. The van der Waals surface area contributed by atoms with Gasteiger partial charge in [0.2, 0.25) is 11.8 Å². The SMILES string of the molecule is Cc1c(OCC(=O)Nc2cccc(CNCC(C=O)OCC(C)I)c2)cccc1C(=O)NC1CCC(=O)NC1=O. The summed E-state index contributed by atoms with van der Waals surface area (Å²) in [5.41, 5.74) is 2.31. The normalized spacial score (nSPS) is 16.4. The monoisotopic (exact) mass is 664 g/mol. The number of hydrogen-bond acceptors (Lipinski definition) is 8. The van der Waals surface area contributed by atoms with Crippen LogP contribution in [-0.2, 0) is 30.5 Å². The summed E-state index contributed by atoms with van der Waals surface area (Å²) in [5.74, 6) is -1.40. The van der Waals surface area contributed by atoms with E-state index in [1.807, 2.05) is 25.1 Å². The van der Waals surface area contributed by atoms with E-state index in [1.54, 1.807) is 31.2 Å². The zero-order chi connectivity index (χ0) is 29.1. The molecule has 0 radical (unpaired) electrons. The van der Waals surface area contributed by atoms with Crippen LogP contribution >= 0.6 is 22.6 Å². The van der Waals surface area contributed by atoms with E-state index in [9.17, 15) is 24.0 Å². The number of halogens is 1. The molecule has 1 saturated heterocycles. The number of amides is 4. The minimum atomic E-state index is -0.796. The van der Waals surface area contributed by atoms with Gasteiger partial charge in [-0.05, 0) is 43.2 Å². The Morgan fingerprint density at radius 1 is 1.20 bits per heavy atom. The molecule has 0 aromatic heterocycles. The first-order chi connectivity index (χ1) is 19.2. The van der Waals surface area contributed by atoms with E-state index in [-0.39, 0.29) is 31.3 Å². The van der Waals surface area contributed by atoms with Gasteiger partial charge in [0, 0.05) is 40.2 Å². The van der Waals surface area contributed by atoms with Crippen LogP contribution in [-0.4, -0.2) is 65.7 Å². The van der Waals surface area contributed by atoms with Gasteiger partial charge in [-0.25, -0.2) is 0 Å². The fraction of sp³-hybridized carbons (Fsp3) is 0.393. The van der Waals surface area contributed by atoms with Gasteiger partial charge in [0.15, 0.2) is 6.61 Å². The highest BCUT2D eigenvalue weighted by Crippen LogP contribution is 2.22. The van der Waals surface area contributed by atoms with Crippen molar-refractivity contribution in [3.05, 3.63) is 59.2 Å². The zero-order valence-electron chi connectivity index (χ0n) is 22.3.